The second-order valence-corrected chi connectivity index (χ2v) is 12.6. The van der Waals surface area contributed by atoms with Gasteiger partial charge in [-0.3, -0.25) is 9.52 Å². The molecule has 0 aromatic heterocycles. The highest BCUT2D eigenvalue weighted by atomic mass is 32.2. The van der Waals surface area contributed by atoms with Crippen LogP contribution >= 0.6 is 23.3 Å². The van der Waals surface area contributed by atoms with Crippen molar-refractivity contribution in [2.75, 3.05) is 25.6 Å². The number of rotatable bonds is 9. The molecule has 0 amide bonds. The van der Waals surface area contributed by atoms with Crippen molar-refractivity contribution in [2.45, 2.75) is 78.7 Å². The van der Waals surface area contributed by atoms with Gasteiger partial charge in [-0.15, -0.1) is 0 Å². The third kappa shape index (κ3) is 9.50. The minimum atomic E-state index is -0.203. The molecule has 25 heavy (non-hydrogen) atoms. The van der Waals surface area contributed by atoms with Crippen molar-refractivity contribution in [1.29, 1.82) is 0 Å². The summed E-state index contributed by atoms with van der Waals surface area (Å²) in [4.78, 5) is 13.4. The molecular weight excluding hydrogens is 348 g/mol. The Morgan fingerprint density at radius 1 is 1.08 bits per heavy atom. The molecule has 1 aliphatic rings. The number of thiol groups is 1. The Kier molecular flexibility index (Phi) is 8.58. The van der Waals surface area contributed by atoms with Crippen molar-refractivity contribution < 1.29 is 4.79 Å². The van der Waals surface area contributed by atoms with Crippen molar-refractivity contribution in [3.8, 4) is 0 Å². The lowest BCUT2D eigenvalue weighted by molar-refractivity contribution is -0.120. The SMILES string of the molecule is C[SH](C)NCC(=O)CC1(C)CCC(C)(NCC(=S)CC(C)(C)C)CC1. The third-order valence-corrected chi connectivity index (χ3v) is 6.30. The van der Waals surface area contributed by atoms with Crippen molar-refractivity contribution in [3.63, 3.8) is 0 Å². The number of carbonyl (C=O) groups is 1. The van der Waals surface area contributed by atoms with Crippen LogP contribution in [0.1, 0.15) is 73.1 Å². The molecular formula is C20H40N2OS2. The molecule has 0 bridgehead atoms. The van der Waals surface area contributed by atoms with E-state index in [4.69, 9.17) is 12.2 Å². The third-order valence-electron chi connectivity index (χ3n) is 5.22. The maximum atomic E-state index is 12.2. The van der Waals surface area contributed by atoms with Crippen molar-refractivity contribution in [1.82, 2.24) is 10.0 Å². The number of thiocarbonyl (C=S) groups is 1. The fourth-order valence-electron chi connectivity index (χ4n) is 3.51. The van der Waals surface area contributed by atoms with E-state index in [1.165, 1.54) is 0 Å². The highest BCUT2D eigenvalue weighted by Gasteiger charge is 2.38. The van der Waals surface area contributed by atoms with Gasteiger partial charge in [0.15, 0.2) is 0 Å². The van der Waals surface area contributed by atoms with E-state index in [9.17, 15) is 4.79 Å². The fourth-order valence-corrected chi connectivity index (χ4v) is 4.51. The molecule has 148 valence electrons. The molecule has 1 saturated carbocycles. The van der Waals surface area contributed by atoms with Crippen LogP contribution in [0.4, 0.5) is 0 Å². The molecule has 1 rings (SSSR count). The predicted octanol–water partition coefficient (Wildman–Crippen LogP) is 4.45. The van der Waals surface area contributed by atoms with Crippen LogP contribution in [-0.2, 0) is 4.79 Å². The number of nitrogens with one attached hydrogen (secondary N) is 2. The molecule has 0 aliphatic heterocycles. The average Bonchev–Trinajstić information content (AvgIpc) is 2.45. The van der Waals surface area contributed by atoms with Gasteiger partial charge in [0.1, 0.15) is 5.78 Å². The predicted molar refractivity (Wildman–Crippen MR) is 118 cm³/mol. The molecule has 1 aliphatic carbocycles. The zero-order chi connectivity index (χ0) is 19.3. The lowest BCUT2D eigenvalue weighted by atomic mass is 9.67. The molecule has 0 radical (unpaired) electrons. The second kappa shape index (κ2) is 9.29. The quantitative estimate of drug-likeness (QED) is 0.403. The Balaban J connectivity index is 2.42. The van der Waals surface area contributed by atoms with E-state index >= 15 is 0 Å². The van der Waals surface area contributed by atoms with Gasteiger partial charge in [-0.1, -0.05) is 39.9 Å². The van der Waals surface area contributed by atoms with Crippen LogP contribution in [0.5, 0.6) is 0 Å². The van der Waals surface area contributed by atoms with Crippen LogP contribution in [0.25, 0.3) is 0 Å². The molecule has 0 saturated heterocycles. The molecule has 0 aromatic carbocycles. The van der Waals surface area contributed by atoms with E-state index < -0.39 is 0 Å². The Hall–Kier alpha value is 0.0300. The summed E-state index contributed by atoms with van der Waals surface area (Å²) in [5.41, 5.74) is 0.580. The van der Waals surface area contributed by atoms with Crippen LogP contribution in [0.2, 0.25) is 0 Å². The first kappa shape index (κ1) is 23.1. The number of hydrogen-bond donors (Lipinski definition) is 3. The van der Waals surface area contributed by atoms with Gasteiger partial charge < -0.3 is 5.32 Å². The molecule has 2 N–H and O–H groups in total. The second-order valence-electron chi connectivity index (χ2n) is 9.95. The van der Waals surface area contributed by atoms with Gasteiger partial charge in [-0.2, -0.15) is 0 Å². The van der Waals surface area contributed by atoms with Gasteiger partial charge in [0.2, 0.25) is 0 Å². The van der Waals surface area contributed by atoms with E-state index in [2.05, 4.69) is 57.2 Å². The minimum Gasteiger partial charge on any atom is -0.307 e. The average molecular weight is 389 g/mol. The monoisotopic (exact) mass is 388 g/mol. The first-order chi connectivity index (χ1) is 11.3. The Bertz CT molecular complexity index is 461. The van der Waals surface area contributed by atoms with Crippen LogP contribution in [0.3, 0.4) is 0 Å². The topological polar surface area (TPSA) is 41.1 Å². The normalized spacial score (nSPS) is 27.9. The largest absolute Gasteiger partial charge is 0.307 e. The van der Waals surface area contributed by atoms with Crippen LogP contribution in [0.15, 0.2) is 0 Å². The van der Waals surface area contributed by atoms with Gasteiger partial charge in [0.25, 0.3) is 0 Å². The molecule has 0 aromatic rings. The zero-order valence-electron chi connectivity index (χ0n) is 17.4. The van der Waals surface area contributed by atoms with E-state index in [1.54, 1.807) is 0 Å². The molecule has 1 fully saturated rings. The summed E-state index contributed by atoms with van der Waals surface area (Å²) in [6, 6.07) is 0. The van der Waals surface area contributed by atoms with E-state index in [-0.39, 0.29) is 27.4 Å². The Morgan fingerprint density at radius 2 is 1.64 bits per heavy atom. The summed E-state index contributed by atoms with van der Waals surface area (Å²) in [6.07, 6.45) is 10.5. The minimum absolute atomic E-state index is 0.157. The maximum absolute atomic E-state index is 12.2. The summed E-state index contributed by atoms with van der Waals surface area (Å²) in [5, 5.41) is 3.72. The van der Waals surface area contributed by atoms with Crippen LogP contribution in [0, 0.1) is 10.8 Å². The Morgan fingerprint density at radius 3 is 2.12 bits per heavy atom. The van der Waals surface area contributed by atoms with Gasteiger partial charge >= 0.3 is 0 Å². The van der Waals surface area contributed by atoms with E-state index in [1.807, 2.05) is 0 Å². The molecule has 0 atom stereocenters. The first-order valence-electron chi connectivity index (χ1n) is 9.52. The number of ketones is 1. The Labute approximate surface area is 164 Å². The molecule has 5 heteroatoms. The number of hydrogen-bond acceptors (Lipinski definition) is 4. The van der Waals surface area contributed by atoms with Gasteiger partial charge in [0, 0.05) is 23.4 Å². The van der Waals surface area contributed by atoms with Crippen molar-refractivity contribution in [2.24, 2.45) is 10.8 Å². The summed E-state index contributed by atoms with van der Waals surface area (Å²) in [7, 11) is 0. The van der Waals surface area contributed by atoms with Crippen LogP contribution < -0.4 is 10.0 Å². The molecule has 3 nitrogen and oxygen atoms in total. The van der Waals surface area contributed by atoms with Gasteiger partial charge in [-0.05, 0) is 62.4 Å². The van der Waals surface area contributed by atoms with Crippen molar-refractivity contribution >= 4 is 33.9 Å². The maximum Gasteiger partial charge on any atom is 0.148 e. The smallest absolute Gasteiger partial charge is 0.148 e. The highest BCUT2D eigenvalue weighted by molar-refractivity contribution is 8.14. The van der Waals surface area contributed by atoms with Gasteiger partial charge in [-0.25, -0.2) is 11.1 Å². The summed E-state index contributed by atoms with van der Waals surface area (Å²) >= 11 is 5.36. The fraction of sp³-hybridized carbons (Fsp3) is 0.900. The molecule has 0 spiro atoms. The summed E-state index contributed by atoms with van der Waals surface area (Å²) in [5.74, 6) is 0.363. The number of carbonyl (C=O) groups excluding carboxylic acids is 1. The zero-order valence-corrected chi connectivity index (χ0v) is 19.1. The molecule has 0 heterocycles. The lowest BCUT2D eigenvalue weighted by Gasteiger charge is -2.44. The highest BCUT2D eigenvalue weighted by Crippen LogP contribution is 2.43. The standard InChI is InChI=1S/C20H40N2OS2/c1-18(2,3)13-17(24)15-21-20(5)10-8-19(4,9-11-20)12-16(23)14-22-25(6)7/h21-22,25H,8-15H2,1-7H3. The molecule has 0 unspecified atom stereocenters. The van der Waals surface area contributed by atoms with Crippen molar-refractivity contribution in [3.05, 3.63) is 0 Å². The number of Topliss-reactive ketones (excluding diaryl/α,β-unsaturated/α-hetero) is 1. The first-order valence-corrected chi connectivity index (χ1v) is 12.2. The van der Waals surface area contributed by atoms with E-state index in [0.29, 0.717) is 18.7 Å². The van der Waals surface area contributed by atoms with Gasteiger partial charge in [0.05, 0.1) is 6.54 Å². The lowest BCUT2D eigenvalue weighted by Crippen LogP contribution is -2.49. The summed E-state index contributed by atoms with van der Waals surface area (Å²) in [6.45, 7) is 12.7. The summed E-state index contributed by atoms with van der Waals surface area (Å²) < 4.78 is 3.31. The van der Waals surface area contributed by atoms with Crippen LogP contribution in [-0.4, -0.2) is 41.8 Å². The van der Waals surface area contributed by atoms with E-state index in [0.717, 1.165) is 43.5 Å².